The zero-order valence-corrected chi connectivity index (χ0v) is 20.8. The van der Waals surface area contributed by atoms with Crippen LogP contribution in [0.3, 0.4) is 0 Å². The van der Waals surface area contributed by atoms with Gasteiger partial charge in [-0.3, -0.25) is 4.98 Å². The molecular formula is C28H26FN7O2. The van der Waals surface area contributed by atoms with Crippen molar-refractivity contribution in [3.8, 4) is 23.0 Å². The molecule has 2 aliphatic heterocycles. The van der Waals surface area contributed by atoms with E-state index in [9.17, 15) is 5.11 Å². The fourth-order valence-electron chi connectivity index (χ4n) is 5.64. The van der Waals surface area contributed by atoms with Crippen LogP contribution in [0.25, 0.3) is 32.9 Å². The van der Waals surface area contributed by atoms with E-state index in [0.717, 1.165) is 42.4 Å². The third kappa shape index (κ3) is 3.88. The van der Waals surface area contributed by atoms with Gasteiger partial charge in [0.1, 0.15) is 29.4 Å². The fraction of sp³-hybridized carbons (Fsp3) is 0.286. The number of halogens is 1. The number of hydrogen-bond acceptors (Lipinski definition) is 8. The van der Waals surface area contributed by atoms with Gasteiger partial charge in [-0.15, -0.1) is 0 Å². The highest BCUT2D eigenvalue weighted by Gasteiger charge is 2.34. The molecule has 2 N–H and O–H groups in total. The van der Waals surface area contributed by atoms with Gasteiger partial charge in [-0.2, -0.15) is 9.97 Å². The number of phenols is 1. The van der Waals surface area contributed by atoms with Gasteiger partial charge in [0.05, 0.1) is 23.6 Å². The second kappa shape index (κ2) is 8.91. The number of pyridine rings is 1. The van der Waals surface area contributed by atoms with Gasteiger partial charge < -0.3 is 24.6 Å². The molecule has 0 saturated carbocycles. The van der Waals surface area contributed by atoms with Crippen LogP contribution in [0, 0.1) is 5.82 Å². The first kappa shape index (κ1) is 22.9. The summed E-state index contributed by atoms with van der Waals surface area (Å²) in [5.74, 6) is 0.0809. The van der Waals surface area contributed by atoms with E-state index < -0.39 is 5.82 Å². The minimum Gasteiger partial charge on any atom is -0.508 e. The lowest BCUT2D eigenvalue weighted by molar-refractivity contribution is 0.273. The van der Waals surface area contributed by atoms with Crippen molar-refractivity contribution in [1.29, 1.82) is 0 Å². The molecule has 38 heavy (non-hydrogen) atoms. The molecule has 7 rings (SSSR count). The highest BCUT2D eigenvalue weighted by atomic mass is 19.1. The Balaban J connectivity index is 1.38. The maximum atomic E-state index is 16.4. The zero-order chi connectivity index (χ0) is 25.8. The number of nitrogens with one attached hydrogen (secondary N) is 1. The topological polar surface area (TPSA) is 101 Å². The third-order valence-electron chi connectivity index (χ3n) is 7.53. The van der Waals surface area contributed by atoms with Crippen LogP contribution in [-0.4, -0.2) is 54.8 Å². The Hall–Kier alpha value is -4.31. The van der Waals surface area contributed by atoms with E-state index in [4.69, 9.17) is 9.72 Å². The summed E-state index contributed by atoms with van der Waals surface area (Å²) in [6, 6.07) is 11.5. The van der Waals surface area contributed by atoms with E-state index in [1.807, 2.05) is 35.9 Å². The van der Waals surface area contributed by atoms with E-state index in [-0.39, 0.29) is 29.6 Å². The number of piperazine rings is 1. The number of anilines is 1. The Morgan fingerprint density at radius 3 is 2.68 bits per heavy atom. The fourth-order valence-corrected chi connectivity index (χ4v) is 5.64. The Morgan fingerprint density at radius 2 is 1.89 bits per heavy atom. The van der Waals surface area contributed by atoms with Crippen molar-refractivity contribution < 1.29 is 14.2 Å². The summed E-state index contributed by atoms with van der Waals surface area (Å²) in [4.78, 5) is 20.1. The normalized spacial score (nSPS) is 18.9. The molecule has 192 valence electrons. The van der Waals surface area contributed by atoms with Crippen molar-refractivity contribution >= 4 is 27.5 Å². The summed E-state index contributed by atoms with van der Waals surface area (Å²) in [5.41, 5.74) is 1.60. The number of nitrogens with zero attached hydrogens (tertiary/aromatic N) is 6. The third-order valence-corrected chi connectivity index (χ3v) is 7.53. The van der Waals surface area contributed by atoms with Gasteiger partial charge in [0, 0.05) is 44.0 Å². The SMILES string of the molecule is Cn1cncc1COc1nc(N2C[C@H]3CC[C@@H](C2)N3)c2cnc(-c3cc(O)cc4ccccc34)c(F)c2n1. The molecule has 0 unspecified atom stereocenters. The van der Waals surface area contributed by atoms with Crippen LogP contribution >= 0.6 is 0 Å². The van der Waals surface area contributed by atoms with Crippen LogP contribution in [-0.2, 0) is 13.7 Å². The summed E-state index contributed by atoms with van der Waals surface area (Å²) in [5, 5.41) is 16.1. The Bertz CT molecular complexity index is 1680. The first-order chi connectivity index (χ1) is 18.5. The number of phenolic OH excluding ortho intramolecular Hbond substituents is 1. The van der Waals surface area contributed by atoms with E-state index in [2.05, 4.69) is 25.2 Å². The molecule has 2 saturated heterocycles. The zero-order valence-electron chi connectivity index (χ0n) is 20.8. The lowest BCUT2D eigenvalue weighted by atomic mass is 10.0. The van der Waals surface area contributed by atoms with E-state index in [1.165, 1.54) is 6.07 Å². The Labute approximate surface area is 217 Å². The van der Waals surface area contributed by atoms with Crippen LogP contribution in [0.5, 0.6) is 11.8 Å². The van der Waals surface area contributed by atoms with Gasteiger partial charge in [-0.25, -0.2) is 9.37 Å². The van der Waals surface area contributed by atoms with Crippen molar-refractivity contribution in [2.24, 2.45) is 7.05 Å². The second-order valence-corrected chi connectivity index (χ2v) is 10.1. The van der Waals surface area contributed by atoms with E-state index >= 15 is 4.39 Å². The molecule has 3 aromatic heterocycles. The second-order valence-electron chi connectivity index (χ2n) is 10.1. The smallest absolute Gasteiger partial charge is 0.319 e. The van der Waals surface area contributed by atoms with Crippen LogP contribution in [0.15, 0.2) is 55.1 Å². The molecule has 0 spiro atoms. The largest absolute Gasteiger partial charge is 0.508 e. The first-order valence-corrected chi connectivity index (χ1v) is 12.7. The molecule has 10 heteroatoms. The summed E-state index contributed by atoms with van der Waals surface area (Å²) in [7, 11) is 1.88. The van der Waals surface area contributed by atoms with Crippen molar-refractivity contribution in [2.45, 2.75) is 31.5 Å². The quantitative estimate of drug-likeness (QED) is 0.366. The van der Waals surface area contributed by atoms with Crippen LogP contribution in [0.2, 0.25) is 0 Å². The maximum absolute atomic E-state index is 16.4. The van der Waals surface area contributed by atoms with Gasteiger partial charge in [-0.05, 0) is 35.7 Å². The van der Waals surface area contributed by atoms with Gasteiger partial charge in [0.15, 0.2) is 5.82 Å². The maximum Gasteiger partial charge on any atom is 0.319 e. The minimum absolute atomic E-state index is 0.0415. The standard InChI is InChI=1S/C28H26FN7O2/c1-35-15-30-10-19(35)14-38-28-33-26-23(27(34-28)36-12-17-6-7-18(13-36)32-17)11-31-25(24(26)29)22-9-20(37)8-16-4-2-3-5-21(16)22/h2-5,8-11,15,17-18,32,37H,6-7,12-14H2,1H3/t17-,18+. The number of aromatic hydroxyl groups is 1. The number of imidazole rings is 1. The van der Waals surface area contributed by atoms with Crippen molar-refractivity contribution in [1.82, 2.24) is 29.8 Å². The van der Waals surface area contributed by atoms with E-state index in [0.29, 0.717) is 28.9 Å². The molecular weight excluding hydrogens is 485 g/mol. The number of hydrogen-bond donors (Lipinski definition) is 2. The Morgan fingerprint density at radius 1 is 1.08 bits per heavy atom. The number of aryl methyl sites for hydroxylation is 1. The Kier molecular flexibility index (Phi) is 5.36. The molecule has 5 aromatic rings. The molecule has 9 nitrogen and oxygen atoms in total. The van der Waals surface area contributed by atoms with E-state index in [1.54, 1.807) is 24.8 Å². The number of rotatable bonds is 5. The average molecular weight is 512 g/mol. The average Bonchev–Trinajstić information content (AvgIpc) is 3.50. The number of ether oxygens (including phenoxy) is 1. The molecule has 2 bridgehead atoms. The molecule has 2 aromatic carbocycles. The predicted molar refractivity (Wildman–Crippen MR) is 142 cm³/mol. The first-order valence-electron chi connectivity index (χ1n) is 12.7. The minimum atomic E-state index is -0.578. The summed E-state index contributed by atoms with van der Waals surface area (Å²) in [6.07, 6.45) is 7.26. The molecule has 0 radical (unpaired) electrons. The number of fused-ring (bicyclic) bond motifs is 4. The lowest BCUT2D eigenvalue weighted by Crippen LogP contribution is -2.51. The van der Waals surface area contributed by atoms with Gasteiger partial charge >= 0.3 is 6.01 Å². The molecule has 0 amide bonds. The van der Waals surface area contributed by atoms with Gasteiger partial charge in [0.25, 0.3) is 0 Å². The predicted octanol–water partition coefficient (Wildman–Crippen LogP) is 3.94. The molecule has 2 aliphatic rings. The molecule has 5 heterocycles. The van der Waals surface area contributed by atoms with Gasteiger partial charge in [-0.1, -0.05) is 24.3 Å². The number of benzene rings is 2. The van der Waals surface area contributed by atoms with Crippen LogP contribution < -0.4 is 15.0 Å². The van der Waals surface area contributed by atoms with Crippen molar-refractivity contribution in [3.05, 3.63) is 66.6 Å². The molecule has 0 aliphatic carbocycles. The molecule has 2 atom stereocenters. The highest BCUT2D eigenvalue weighted by Crippen LogP contribution is 2.37. The monoisotopic (exact) mass is 511 g/mol. The van der Waals surface area contributed by atoms with Gasteiger partial charge in [0.2, 0.25) is 0 Å². The molecule has 2 fully saturated rings. The van der Waals surface area contributed by atoms with Crippen LogP contribution in [0.1, 0.15) is 18.5 Å². The van der Waals surface area contributed by atoms with Crippen molar-refractivity contribution in [2.75, 3.05) is 18.0 Å². The highest BCUT2D eigenvalue weighted by molar-refractivity contribution is 5.99. The summed E-state index contributed by atoms with van der Waals surface area (Å²) < 4.78 is 24.2. The lowest BCUT2D eigenvalue weighted by Gasteiger charge is -2.34. The van der Waals surface area contributed by atoms with Crippen molar-refractivity contribution in [3.63, 3.8) is 0 Å². The summed E-state index contributed by atoms with van der Waals surface area (Å²) in [6.45, 7) is 1.74. The number of aromatic nitrogens is 5. The summed E-state index contributed by atoms with van der Waals surface area (Å²) >= 11 is 0. The van der Waals surface area contributed by atoms with Crippen LogP contribution in [0.4, 0.5) is 10.2 Å².